The van der Waals surface area contributed by atoms with E-state index in [2.05, 4.69) is 4.72 Å². The molecular weight excluding hydrogens is 290 g/mol. The number of nitrogens with zero attached hydrogens (tertiary/aromatic N) is 1. The lowest BCUT2D eigenvalue weighted by Gasteiger charge is -2.21. The topological polar surface area (TPSA) is 88.6 Å². The van der Waals surface area contributed by atoms with Gasteiger partial charge in [-0.2, -0.15) is 0 Å². The third-order valence-corrected chi connectivity index (χ3v) is 4.59. The third kappa shape index (κ3) is 3.37. The Labute approximate surface area is 124 Å². The number of anilines is 2. The predicted octanol–water partition coefficient (Wildman–Crippen LogP) is 1.71. The van der Waals surface area contributed by atoms with Gasteiger partial charge in [0.05, 0.1) is 12.2 Å². The van der Waals surface area contributed by atoms with Crippen LogP contribution in [0.4, 0.5) is 11.4 Å². The van der Waals surface area contributed by atoms with Gasteiger partial charge in [-0.1, -0.05) is 0 Å². The Kier molecular flexibility index (Phi) is 4.24. The lowest BCUT2D eigenvalue weighted by atomic mass is 10.2. The van der Waals surface area contributed by atoms with Crippen LogP contribution < -0.4 is 15.4 Å². The molecule has 0 spiro atoms. The van der Waals surface area contributed by atoms with Gasteiger partial charge in [-0.3, -0.25) is 0 Å². The van der Waals surface area contributed by atoms with Crippen LogP contribution in [0.25, 0.3) is 0 Å². The fourth-order valence-electron chi connectivity index (χ4n) is 2.06. The Morgan fingerprint density at radius 3 is 2.57 bits per heavy atom. The fraction of sp³-hybridized carbons (Fsp3) is 0.286. The second-order valence-electron chi connectivity index (χ2n) is 4.80. The lowest BCUT2D eigenvalue weighted by molar-refractivity contribution is 0.481. The summed E-state index contributed by atoms with van der Waals surface area (Å²) in [5.41, 5.74) is 6.67. The molecule has 0 fully saturated rings. The van der Waals surface area contributed by atoms with Crippen molar-refractivity contribution in [2.75, 3.05) is 24.7 Å². The molecule has 1 aromatic heterocycles. The number of nitrogen functional groups attached to an aromatic ring is 1. The maximum atomic E-state index is 12.1. The Morgan fingerprint density at radius 2 is 2.00 bits per heavy atom. The summed E-state index contributed by atoms with van der Waals surface area (Å²) in [6.07, 6.45) is 0. The Morgan fingerprint density at radius 1 is 1.29 bits per heavy atom. The Balaban J connectivity index is 2.39. The van der Waals surface area contributed by atoms with Crippen molar-refractivity contribution in [1.82, 2.24) is 4.72 Å². The predicted molar refractivity (Wildman–Crippen MR) is 82.7 cm³/mol. The fourth-order valence-corrected chi connectivity index (χ4v) is 3.07. The summed E-state index contributed by atoms with van der Waals surface area (Å²) in [5, 5.41) is 0. The van der Waals surface area contributed by atoms with Gasteiger partial charge in [-0.15, -0.1) is 0 Å². The molecule has 2 aromatic rings. The number of nitrogens with two attached hydrogens (primary N) is 1. The van der Waals surface area contributed by atoms with Crippen molar-refractivity contribution in [3.05, 3.63) is 41.9 Å². The minimum atomic E-state index is -3.59. The summed E-state index contributed by atoms with van der Waals surface area (Å²) in [6, 6.07) is 8.56. The number of rotatable bonds is 5. The molecule has 0 radical (unpaired) electrons. The molecule has 0 atom stereocenters. The van der Waals surface area contributed by atoms with Crippen LogP contribution in [0.5, 0.6) is 0 Å². The maximum absolute atomic E-state index is 12.1. The molecule has 0 bridgehead atoms. The van der Waals surface area contributed by atoms with Gasteiger partial charge in [-0.25, -0.2) is 13.1 Å². The second kappa shape index (κ2) is 5.79. The number of hydrogen-bond donors (Lipinski definition) is 2. The van der Waals surface area contributed by atoms with E-state index in [1.165, 1.54) is 13.1 Å². The molecule has 0 aliphatic rings. The van der Waals surface area contributed by atoms with E-state index in [0.29, 0.717) is 17.9 Å². The van der Waals surface area contributed by atoms with Gasteiger partial charge >= 0.3 is 0 Å². The van der Waals surface area contributed by atoms with Crippen molar-refractivity contribution in [3.8, 4) is 0 Å². The molecule has 0 amide bonds. The number of sulfonamides is 1. The molecule has 0 saturated heterocycles. The van der Waals surface area contributed by atoms with Crippen LogP contribution >= 0.6 is 0 Å². The standard InChI is InChI=1S/C14H19N3O3S/c1-10-4-6-12(20-10)9-17(3)13-7-5-11(15)8-14(13)21(18,19)16-2/h4-8,16H,9,15H2,1-3H3. The van der Waals surface area contributed by atoms with Crippen LogP contribution in [0, 0.1) is 6.92 Å². The summed E-state index contributed by atoms with van der Waals surface area (Å²) in [6.45, 7) is 2.33. The van der Waals surface area contributed by atoms with Crippen LogP contribution in [0.2, 0.25) is 0 Å². The first-order chi connectivity index (χ1) is 9.83. The van der Waals surface area contributed by atoms with E-state index in [0.717, 1.165) is 11.5 Å². The molecule has 0 unspecified atom stereocenters. The first kappa shape index (κ1) is 15.4. The highest BCUT2D eigenvalue weighted by atomic mass is 32.2. The third-order valence-electron chi connectivity index (χ3n) is 3.14. The summed E-state index contributed by atoms with van der Waals surface area (Å²) in [7, 11) is -0.409. The minimum absolute atomic E-state index is 0.149. The monoisotopic (exact) mass is 309 g/mol. The van der Waals surface area contributed by atoms with E-state index in [1.54, 1.807) is 19.2 Å². The highest BCUT2D eigenvalue weighted by Gasteiger charge is 2.20. The largest absolute Gasteiger partial charge is 0.464 e. The van der Waals surface area contributed by atoms with Crippen molar-refractivity contribution in [1.29, 1.82) is 0 Å². The normalized spacial score (nSPS) is 11.6. The van der Waals surface area contributed by atoms with Crippen molar-refractivity contribution < 1.29 is 12.8 Å². The SMILES string of the molecule is CNS(=O)(=O)c1cc(N)ccc1N(C)Cc1ccc(C)o1. The van der Waals surface area contributed by atoms with Gasteiger partial charge in [0.2, 0.25) is 10.0 Å². The molecular formula is C14H19N3O3S. The molecule has 21 heavy (non-hydrogen) atoms. The first-order valence-corrected chi connectivity index (χ1v) is 7.91. The smallest absolute Gasteiger partial charge is 0.242 e. The van der Waals surface area contributed by atoms with Crippen LogP contribution in [-0.2, 0) is 16.6 Å². The van der Waals surface area contributed by atoms with Gasteiger partial charge in [0.25, 0.3) is 0 Å². The molecule has 1 heterocycles. The lowest BCUT2D eigenvalue weighted by Crippen LogP contribution is -2.24. The average Bonchev–Trinajstić information content (AvgIpc) is 2.83. The van der Waals surface area contributed by atoms with E-state index < -0.39 is 10.0 Å². The van der Waals surface area contributed by atoms with E-state index in [1.807, 2.05) is 24.0 Å². The zero-order chi connectivity index (χ0) is 15.6. The number of hydrogen-bond acceptors (Lipinski definition) is 5. The molecule has 2 rings (SSSR count). The highest BCUT2D eigenvalue weighted by Crippen LogP contribution is 2.27. The van der Waals surface area contributed by atoms with Crippen LogP contribution in [0.1, 0.15) is 11.5 Å². The summed E-state index contributed by atoms with van der Waals surface area (Å²) >= 11 is 0. The van der Waals surface area contributed by atoms with Crippen molar-refractivity contribution >= 4 is 21.4 Å². The number of furan rings is 1. The van der Waals surface area contributed by atoms with Crippen LogP contribution in [0.3, 0.4) is 0 Å². The number of aryl methyl sites for hydroxylation is 1. The van der Waals surface area contributed by atoms with Crippen molar-refractivity contribution in [2.24, 2.45) is 0 Å². The minimum Gasteiger partial charge on any atom is -0.464 e. The molecule has 1 aromatic carbocycles. The summed E-state index contributed by atoms with van der Waals surface area (Å²) < 4.78 is 32.1. The molecule has 0 aliphatic heterocycles. The zero-order valence-corrected chi connectivity index (χ0v) is 13.1. The van der Waals surface area contributed by atoms with Crippen molar-refractivity contribution in [3.63, 3.8) is 0 Å². The zero-order valence-electron chi connectivity index (χ0n) is 12.3. The molecule has 7 heteroatoms. The van der Waals surface area contributed by atoms with Gasteiger partial charge in [0.1, 0.15) is 16.4 Å². The Hall–Kier alpha value is -1.99. The van der Waals surface area contributed by atoms with Gasteiger partial charge in [0.15, 0.2) is 0 Å². The average molecular weight is 309 g/mol. The second-order valence-corrected chi connectivity index (χ2v) is 6.66. The van der Waals surface area contributed by atoms with Gasteiger partial charge < -0.3 is 15.1 Å². The van der Waals surface area contributed by atoms with E-state index in [4.69, 9.17) is 10.2 Å². The van der Waals surface area contributed by atoms with Crippen LogP contribution in [-0.4, -0.2) is 22.5 Å². The van der Waals surface area contributed by atoms with Crippen molar-refractivity contribution in [2.45, 2.75) is 18.4 Å². The number of nitrogens with one attached hydrogen (secondary N) is 1. The highest BCUT2D eigenvalue weighted by molar-refractivity contribution is 7.89. The Bertz CT molecular complexity index is 738. The maximum Gasteiger partial charge on any atom is 0.242 e. The molecule has 3 N–H and O–H groups in total. The molecule has 0 saturated carbocycles. The quantitative estimate of drug-likeness (QED) is 0.821. The summed E-state index contributed by atoms with van der Waals surface area (Å²) in [4.78, 5) is 1.96. The first-order valence-electron chi connectivity index (χ1n) is 6.43. The molecule has 114 valence electrons. The van der Waals surface area contributed by atoms with Crippen LogP contribution in [0.15, 0.2) is 39.6 Å². The molecule has 0 aliphatic carbocycles. The van der Waals surface area contributed by atoms with E-state index in [-0.39, 0.29) is 4.90 Å². The molecule has 6 nitrogen and oxygen atoms in total. The number of benzene rings is 1. The van der Waals surface area contributed by atoms with E-state index in [9.17, 15) is 8.42 Å². The van der Waals surface area contributed by atoms with Gasteiger partial charge in [0, 0.05) is 12.7 Å². The van der Waals surface area contributed by atoms with E-state index >= 15 is 0 Å². The van der Waals surface area contributed by atoms with Gasteiger partial charge in [-0.05, 0) is 44.3 Å². The summed E-state index contributed by atoms with van der Waals surface area (Å²) in [5.74, 6) is 1.58.